The van der Waals surface area contributed by atoms with Crippen LogP contribution in [0.15, 0.2) is 0 Å². The summed E-state index contributed by atoms with van der Waals surface area (Å²) in [6.45, 7) is 6.29. The van der Waals surface area contributed by atoms with E-state index in [-0.39, 0.29) is 11.8 Å². The summed E-state index contributed by atoms with van der Waals surface area (Å²) in [6.07, 6.45) is 0. The lowest BCUT2D eigenvalue weighted by molar-refractivity contribution is -0.136. The third kappa shape index (κ3) is 5.19. The minimum absolute atomic E-state index is 0.0488. The molecular formula is C10H22N2O2. The van der Waals surface area contributed by atoms with Crippen LogP contribution in [-0.4, -0.2) is 48.7 Å². The van der Waals surface area contributed by atoms with Crippen molar-refractivity contribution in [1.82, 2.24) is 10.2 Å². The first-order valence-corrected chi connectivity index (χ1v) is 4.90. The Hall–Kier alpha value is -0.610. The van der Waals surface area contributed by atoms with Crippen LogP contribution in [0.2, 0.25) is 0 Å². The Morgan fingerprint density at radius 1 is 1.57 bits per heavy atom. The van der Waals surface area contributed by atoms with Crippen LogP contribution in [0, 0.1) is 5.92 Å². The molecule has 0 heterocycles. The normalized spacial score (nSPS) is 13.9. The minimum atomic E-state index is -0.830. The SMILES string of the molecule is CNCC(C)C(=O)N(C)CC(C)(C)O. The topological polar surface area (TPSA) is 52.6 Å². The van der Waals surface area contributed by atoms with E-state index in [2.05, 4.69) is 5.32 Å². The lowest BCUT2D eigenvalue weighted by Crippen LogP contribution is -2.43. The maximum atomic E-state index is 11.7. The molecule has 0 rings (SSSR count). The summed E-state index contributed by atoms with van der Waals surface area (Å²) >= 11 is 0. The summed E-state index contributed by atoms with van der Waals surface area (Å²) in [4.78, 5) is 13.3. The fourth-order valence-corrected chi connectivity index (χ4v) is 1.43. The van der Waals surface area contributed by atoms with Crippen molar-refractivity contribution in [2.24, 2.45) is 5.92 Å². The average Bonchev–Trinajstić information content (AvgIpc) is 2.00. The Kier molecular flexibility index (Phi) is 5.08. The van der Waals surface area contributed by atoms with E-state index in [4.69, 9.17) is 0 Å². The number of amides is 1. The summed E-state index contributed by atoms with van der Waals surface area (Å²) in [5.41, 5.74) is -0.830. The molecule has 1 unspecified atom stereocenters. The molecule has 1 atom stereocenters. The minimum Gasteiger partial charge on any atom is -0.389 e. The zero-order chi connectivity index (χ0) is 11.4. The van der Waals surface area contributed by atoms with Crippen molar-refractivity contribution < 1.29 is 9.90 Å². The molecular weight excluding hydrogens is 180 g/mol. The molecule has 0 saturated heterocycles. The number of hydrogen-bond acceptors (Lipinski definition) is 3. The van der Waals surface area contributed by atoms with Gasteiger partial charge in [0, 0.05) is 26.1 Å². The van der Waals surface area contributed by atoms with Crippen molar-refractivity contribution in [3.63, 3.8) is 0 Å². The highest BCUT2D eigenvalue weighted by atomic mass is 16.3. The zero-order valence-electron chi connectivity index (χ0n) is 9.79. The molecule has 0 saturated carbocycles. The molecule has 0 aromatic carbocycles. The van der Waals surface area contributed by atoms with Gasteiger partial charge in [0.1, 0.15) is 0 Å². The standard InChI is InChI=1S/C10H22N2O2/c1-8(6-11-4)9(13)12(5)7-10(2,3)14/h8,11,14H,6-7H2,1-5H3. The molecule has 4 nitrogen and oxygen atoms in total. The maximum Gasteiger partial charge on any atom is 0.226 e. The largest absolute Gasteiger partial charge is 0.389 e. The summed E-state index contributed by atoms with van der Waals surface area (Å²) < 4.78 is 0. The second-order valence-corrected chi connectivity index (χ2v) is 4.47. The molecule has 14 heavy (non-hydrogen) atoms. The van der Waals surface area contributed by atoms with Crippen LogP contribution in [0.4, 0.5) is 0 Å². The van der Waals surface area contributed by atoms with Gasteiger partial charge >= 0.3 is 0 Å². The molecule has 0 spiro atoms. The smallest absolute Gasteiger partial charge is 0.226 e. The van der Waals surface area contributed by atoms with Gasteiger partial charge in [0.15, 0.2) is 0 Å². The van der Waals surface area contributed by atoms with Crippen molar-refractivity contribution in [3.05, 3.63) is 0 Å². The predicted molar refractivity (Wildman–Crippen MR) is 57.0 cm³/mol. The van der Waals surface area contributed by atoms with Gasteiger partial charge in [0.05, 0.1) is 5.60 Å². The highest BCUT2D eigenvalue weighted by molar-refractivity contribution is 5.78. The number of aliphatic hydroxyl groups is 1. The number of carbonyl (C=O) groups excluding carboxylic acids is 1. The number of carbonyl (C=O) groups is 1. The van der Waals surface area contributed by atoms with Crippen LogP contribution in [0.3, 0.4) is 0 Å². The molecule has 0 radical (unpaired) electrons. The molecule has 0 aliphatic heterocycles. The van der Waals surface area contributed by atoms with E-state index in [0.717, 1.165) is 0 Å². The van der Waals surface area contributed by atoms with Gasteiger partial charge in [0.2, 0.25) is 5.91 Å². The van der Waals surface area contributed by atoms with E-state index in [1.807, 2.05) is 14.0 Å². The third-order valence-electron chi connectivity index (χ3n) is 1.93. The van der Waals surface area contributed by atoms with Gasteiger partial charge in [-0.25, -0.2) is 0 Å². The molecule has 0 fully saturated rings. The fourth-order valence-electron chi connectivity index (χ4n) is 1.43. The van der Waals surface area contributed by atoms with E-state index in [9.17, 15) is 9.90 Å². The second-order valence-electron chi connectivity index (χ2n) is 4.47. The van der Waals surface area contributed by atoms with E-state index in [0.29, 0.717) is 13.1 Å². The Labute approximate surface area is 86.3 Å². The van der Waals surface area contributed by atoms with Gasteiger partial charge in [0.25, 0.3) is 0 Å². The Morgan fingerprint density at radius 2 is 2.07 bits per heavy atom. The zero-order valence-corrected chi connectivity index (χ0v) is 9.79. The van der Waals surface area contributed by atoms with E-state index in [1.54, 1.807) is 25.8 Å². The molecule has 1 amide bonds. The highest BCUT2D eigenvalue weighted by Gasteiger charge is 2.22. The number of nitrogens with zero attached hydrogens (tertiary/aromatic N) is 1. The molecule has 2 N–H and O–H groups in total. The number of rotatable bonds is 5. The predicted octanol–water partition coefficient (Wildman–Crippen LogP) is 0.0712. The first-order valence-electron chi connectivity index (χ1n) is 4.90. The Bertz CT molecular complexity index is 187. The van der Waals surface area contributed by atoms with E-state index in [1.165, 1.54) is 0 Å². The summed E-state index contributed by atoms with van der Waals surface area (Å²) in [5, 5.41) is 12.5. The first kappa shape index (κ1) is 13.4. The van der Waals surface area contributed by atoms with Crippen molar-refractivity contribution in [2.45, 2.75) is 26.4 Å². The van der Waals surface area contributed by atoms with Gasteiger partial charge in [-0.3, -0.25) is 4.79 Å². The molecule has 0 aromatic rings. The maximum absolute atomic E-state index is 11.7. The molecule has 0 aromatic heterocycles. The van der Waals surface area contributed by atoms with Gasteiger partial charge in [-0.2, -0.15) is 0 Å². The van der Waals surface area contributed by atoms with Crippen molar-refractivity contribution in [3.8, 4) is 0 Å². The lowest BCUT2D eigenvalue weighted by Gasteiger charge is -2.27. The Balaban J connectivity index is 4.12. The molecule has 84 valence electrons. The van der Waals surface area contributed by atoms with Gasteiger partial charge < -0.3 is 15.3 Å². The van der Waals surface area contributed by atoms with Crippen LogP contribution >= 0.6 is 0 Å². The summed E-state index contributed by atoms with van der Waals surface area (Å²) in [6, 6.07) is 0. The van der Waals surface area contributed by atoms with Crippen molar-refractivity contribution in [1.29, 1.82) is 0 Å². The molecule has 0 bridgehead atoms. The van der Waals surface area contributed by atoms with Crippen LogP contribution in [-0.2, 0) is 4.79 Å². The third-order valence-corrected chi connectivity index (χ3v) is 1.93. The number of hydrogen-bond donors (Lipinski definition) is 2. The monoisotopic (exact) mass is 202 g/mol. The summed E-state index contributed by atoms with van der Waals surface area (Å²) in [5.74, 6) is 0.00817. The lowest BCUT2D eigenvalue weighted by atomic mass is 10.1. The number of likely N-dealkylation sites (N-methyl/N-ethyl adjacent to an activating group) is 1. The van der Waals surface area contributed by atoms with E-state index < -0.39 is 5.60 Å². The highest BCUT2D eigenvalue weighted by Crippen LogP contribution is 2.06. The molecule has 0 aliphatic carbocycles. The van der Waals surface area contributed by atoms with Crippen LogP contribution in [0.5, 0.6) is 0 Å². The first-order chi connectivity index (χ1) is 6.28. The van der Waals surface area contributed by atoms with Crippen LogP contribution in [0.25, 0.3) is 0 Å². The Morgan fingerprint density at radius 3 is 2.43 bits per heavy atom. The van der Waals surface area contributed by atoms with Crippen LogP contribution < -0.4 is 5.32 Å². The van der Waals surface area contributed by atoms with Gasteiger partial charge in [-0.1, -0.05) is 6.92 Å². The van der Waals surface area contributed by atoms with Crippen molar-refractivity contribution in [2.75, 3.05) is 27.2 Å². The van der Waals surface area contributed by atoms with E-state index >= 15 is 0 Å². The fraction of sp³-hybridized carbons (Fsp3) is 0.900. The van der Waals surface area contributed by atoms with Gasteiger partial charge in [-0.15, -0.1) is 0 Å². The summed E-state index contributed by atoms with van der Waals surface area (Å²) in [7, 11) is 3.53. The number of nitrogens with one attached hydrogen (secondary N) is 1. The van der Waals surface area contributed by atoms with Crippen LogP contribution in [0.1, 0.15) is 20.8 Å². The quantitative estimate of drug-likeness (QED) is 0.663. The van der Waals surface area contributed by atoms with Crippen molar-refractivity contribution >= 4 is 5.91 Å². The van der Waals surface area contributed by atoms with Gasteiger partial charge in [-0.05, 0) is 20.9 Å². The second kappa shape index (κ2) is 5.32. The average molecular weight is 202 g/mol. The molecule has 4 heteroatoms. The molecule has 0 aliphatic rings.